The number of benzene rings is 2. The second kappa shape index (κ2) is 8.07. The minimum absolute atomic E-state index is 0.0870. The number of hydrogen-bond donors (Lipinski definition) is 1. The van der Waals surface area contributed by atoms with Gasteiger partial charge in [0.25, 0.3) is 0 Å². The monoisotopic (exact) mass is 376 g/mol. The molecular weight excluding hydrogens is 352 g/mol. The van der Waals surface area contributed by atoms with Crippen molar-refractivity contribution in [2.75, 3.05) is 26.8 Å². The Hall–Kier alpha value is -2.09. The fourth-order valence-corrected chi connectivity index (χ4v) is 3.82. The topological polar surface area (TPSA) is 81.9 Å². The fourth-order valence-electron chi connectivity index (χ4n) is 3.30. The van der Waals surface area contributed by atoms with E-state index in [1.807, 2.05) is 12.1 Å². The number of sulfonamides is 1. The van der Waals surface area contributed by atoms with Crippen LogP contribution in [0.15, 0.2) is 53.4 Å². The van der Waals surface area contributed by atoms with Gasteiger partial charge in [-0.1, -0.05) is 12.1 Å². The highest BCUT2D eigenvalue weighted by Gasteiger charge is 2.25. The van der Waals surface area contributed by atoms with Crippen LogP contribution in [0.2, 0.25) is 0 Å². The van der Waals surface area contributed by atoms with Crippen LogP contribution < -0.4 is 14.6 Å². The molecule has 0 aromatic heterocycles. The molecular formula is C19H24N2O4S. The Morgan fingerprint density at radius 1 is 1.08 bits per heavy atom. The van der Waals surface area contributed by atoms with Crippen LogP contribution in [0.3, 0.4) is 0 Å². The van der Waals surface area contributed by atoms with Gasteiger partial charge in [-0.15, -0.1) is 0 Å². The fraction of sp³-hybridized carbons (Fsp3) is 0.368. The second-order valence-electron chi connectivity index (χ2n) is 6.33. The van der Waals surface area contributed by atoms with Gasteiger partial charge in [-0.25, -0.2) is 13.6 Å². The summed E-state index contributed by atoms with van der Waals surface area (Å²) in [5, 5.41) is 5.10. The molecule has 0 aliphatic carbocycles. The highest BCUT2D eigenvalue weighted by molar-refractivity contribution is 7.89. The summed E-state index contributed by atoms with van der Waals surface area (Å²) in [6.07, 6.45) is 2.30. The smallest absolute Gasteiger partial charge is 0.238 e. The van der Waals surface area contributed by atoms with Gasteiger partial charge < -0.3 is 9.47 Å². The Balaban J connectivity index is 1.55. The Bertz CT molecular complexity index is 820. The summed E-state index contributed by atoms with van der Waals surface area (Å²) >= 11 is 0. The van der Waals surface area contributed by atoms with E-state index in [1.165, 1.54) is 24.1 Å². The average molecular weight is 376 g/mol. The summed E-state index contributed by atoms with van der Waals surface area (Å²) in [5.41, 5.74) is 1.29. The number of rotatable bonds is 7. The van der Waals surface area contributed by atoms with E-state index in [0.29, 0.717) is 18.4 Å². The number of nitrogens with two attached hydrogens (primary N) is 1. The SMILES string of the molecule is COc1ccc([C@@H]2CCCN2CCOc2ccc(S(N)(=O)=O)cc2)cc1. The predicted molar refractivity (Wildman–Crippen MR) is 99.9 cm³/mol. The third kappa shape index (κ3) is 4.55. The van der Waals surface area contributed by atoms with Crippen molar-refractivity contribution in [1.82, 2.24) is 4.90 Å². The highest BCUT2D eigenvalue weighted by Crippen LogP contribution is 2.32. The first-order valence-corrected chi connectivity index (χ1v) is 10.2. The molecule has 140 valence electrons. The van der Waals surface area contributed by atoms with Crippen LogP contribution in [0, 0.1) is 0 Å². The Morgan fingerprint density at radius 2 is 1.73 bits per heavy atom. The van der Waals surface area contributed by atoms with Crippen molar-refractivity contribution in [3.8, 4) is 11.5 Å². The summed E-state index contributed by atoms with van der Waals surface area (Å²) in [5.74, 6) is 1.50. The molecule has 0 amide bonds. The lowest BCUT2D eigenvalue weighted by molar-refractivity contribution is 0.197. The Morgan fingerprint density at radius 3 is 2.35 bits per heavy atom. The number of likely N-dealkylation sites (tertiary alicyclic amines) is 1. The molecule has 1 aliphatic rings. The van der Waals surface area contributed by atoms with E-state index in [4.69, 9.17) is 14.6 Å². The largest absolute Gasteiger partial charge is 0.497 e. The second-order valence-corrected chi connectivity index (χ2v) is 7.89. The van der Waals surface area contributed by atoms with Crippen LogP contribution in [0.25, 0.3) is 0 Å². The van der Waals surface area contributed by atoms with Gasteiger partial charge in [-0.05, 0) is 61.3 Å². The molecule has 1 heterocycles. The van der Waals surface area contributed by atoms with Crippen LogP contribution in [-0.4, -0.2) is 40.1 Å². The number of hydrogen-bond acceptors (Lipinski definition) is 5. The maximum atomic E-state index is 11.3. The predicted octanol–water partition coefficient (Wildman–Crippen LogP) is 2.56. The summed E-state index contributed by atoms with van der Waals surface area (Å²) in [7, 11) is -2.00. The molecule has 1 atom stereocenters. The van der Waals surface area contributed by atoms with Crippen molar-refractivity contribution in [2.45, 2.75) is 23.8 Å². The highest BCUT2D eigenvalue weighted by atomic mass is 32.2. The molecule has 0 spiro atoms. The van der Waals surface area contributed by atoms with Crippen molar-refractivity contribution >= 4 is 10.0 Å². The molecule has 2 aromatic rings. The zero-order valence-electron chi connectivity index (χ0n) is 14.8. The normalized spacial score (nSPS) is 18.0. The van der Waals surface area contributed by atoms with Crippen molar-refractivity contribution in [1.29, 1.82) is 0 Å². The first-order chi connectivity index (χ1) is 12.5. The van der Waals surface area contributed by atoms with Gasteiger partial charge in [0, 0.05) is 12.6 Å². The van der Waals surface area contributed by atoms with E-state index in [1.54, 1.807) is 19.2 Å². The van der Waals surface area contributed by atoms with Crippen molar-refractivity contribution in [3.05, 3.63) is 54.1 Å². The van der Waals surface area contributed by atoms with Crippen LogP contribution in [0.1, 0.15) is 24.4 Å². The van der Waals surface area contributed by atoms with Crippen molar-refractivity contribution < 1.29 is 17.9 Å². The Labute approximate surface area is 154 Å². The third-order valence-corrected chi connectivity index (χ3v) is 5.59. The van der Waals surface area contributed by atoms with E-state index < -0.39 is 10.0 Å². The molecule has 0 saturated carbocycles. The number of methoxy groups -OCH3 is 1. The van der Waals surface area contributed by atoms with Gasteiger partial charge in [0.05, 0.1) is 12.0 Å². The van der Waals surface area contributed by atoms with Gasteiger partial charge in [0.15, 0.2) is 0 Å². The van der Waals surface area contributed by atoms with Gasteiger partial charge >= 0.3 is 0 Å². The summed E-state index contributed by atoms with van der Waals surface area (Å²) in [4.78, 5) is 2.50. The third-order valence-electron chi connectivity index (χ3n) is 4.66. The maximum absolute atomic E-state index is 11.3. The minimum Gasteiger partial charge on any atom is -0.497 e. The summed E-state index contributed by atoms with van der Waals surface area (Å²) < 4.78 is 33.5. The first-order valence-electron chi connectivity index (χ1n) is 8.61. The molecule has 2 aromatic carbocycles. The molecule has 26 heavy (non-hydrogen) atoms. The van der Waals surface area contributed by atoms with Crippen LogP contribution in [0.4, 0.5) is 0 Å². The molecule has 0 bridgehead atoms. The average Bonchev–Trinajstić information content (AvgIpc) is 3.10. The van der Waals surface area contributed by atoms with Crippen molar-refractivity contribution in [3.63, 3.8) is 0 Å². The lowest BCUT2D eigenvalue weighted by atomic mass is 10.0. The molecule has 6 nitrogen and oxygen atoms in total. The van der Waals surface area contributed by atoms with E-state index in [9.17, 15) is 8.42 Å². The first kappa shape index (κ1) is 18.7. The van der Waals surface area contributed by atoms with Crippen LogP contribution in [0.5, 0.6) is 11.5 Å². The van der Waals surface area contributed by atoms with Crippen LogP contribution >= 0.6 is 0 Å². The van der Waals surface area contributed by atoms with E-state index >= 15 is 0 Å². The molecule has 2 N–H and O–H groups in total. The van der Waals surface area contributed by atoms with Gasteiger partial charge in [0.1, 0.15) is 18.1 Å². The molecule has 0 radical (unpaired) electrons. The zero-order valence-corrected chi connectivity index (χ0v) is 15.6. The molecule has 3 rings (SSSR count). The Kier molecular flexibility index (Phi) is 5.80. The van der Waals surface area contributed by atoms with E-state index in [2.05, 4.69) is 17.0 Å². The molecule has 1 aliphatic heterocycles. The van der Waals surface area contributed by atoms with Gasteiger partial charge in [-0.2, -0.15) is 0 Å². The number of nitrogens with zero attached hydrogens (tertiary/aromatic N) is 1. The van der Waals surface area contributed by atoms with Crippen molar-refractivity contribution in [2.24, 2.45) is 5.14 Å². The van der Waals surface area contributed by atoms with E-state index in [-0.39, 0.29) is 4.90 Å². The standard InChI is InChI=1S/C19H24N2O4S/c1-24-16-6-4-15(5-7-16)19-3-2-12-21(19)13-14-25-17-8-10-18(11-9-17)26(20,22)23/h4-11,19H,2-3,12-14H2,1H3,(H2,20,22,23)/t19-/m0/s1. The summed E-state index contributed by atoms with van der Waals surface area (Å²) in [6.45, 7) is 2.40. The summed E-state index contributed by atoms with van der Waals surface area (Å²) in [6, 6.07) is 14.8. The maximum Gasteiger partial charge on any atom is 0.238 e. The molecule has 0 unspecified atom stereocenters. The quantitative estimate of drug-likeness (QED) is 0.803. The molecule has 7 heteroatoms. The number of primary sulfonamides is 1. The number of ether oxygens (including phenoxy) is 2. The molecule has 1 fully saturated rings. The molecule has 1 saturated heterocycles. The minimum atomic E-state index is -3.67. The van der Waals surface area contributed by atoms with Gasteiger partial charge in [-0.3, -0.25) is 4.90 Å². The van der Waals surface area contributed by atoms with Crippen LogP contribution in [-0.2, 0) is 10.0 Å². The zero-order chi connectivity index (χ0) is 18.6. The lowest BCUT2D eigenvalue weighted by Gasteiger charge is -2.25. The van der Waals surface area contributed by atoms with E-state index in [0.717, 1.165) is 25.3 Å². The lowest BCUT2D eigenvalue weighted by Crippen LogP contribution is -2.28. The van der Waals surface area contributed by atoms with Gasteiger partial charge in [0.2, 0.25) is 10.0 Å².